The molecule has 0 saturated carbocycles. The van der Waals surface area contributed by atoms with Crippen molar-refractivity contribution in [3.05, 3.63) is 105 Å². The number of thiophene rings is 2. The number of nitrogens with one attached hydrogen (secondary N) is 2. The van der Waals surface area contributed by atoms with Gasteiger partial charge in [0.2, 0.25) is 10.3 Å². The van der Waals surface area contributed by atoms with Crippen LogP contribution in [0.4, 0.5) is 28.9 Å². The van der Waals surface area contributed by atoms with Crippen molar-refractivity contribution in [2.24, 2.45) is 10.2 Å². The molecule has 0 spiro atoms. The van der Waals surface area contributed by atoms with Gasteiger partial charge in [0.1, 0.15) is 10.7 Å². The number of fused-ring (bicyclic) bond motifs is 6. The number of anilines is 2. The molecule has 7 rings (SSSR count). The van der Waals surface area contributed by atoms with Crippen LogP contribution in [0.3, 0.4) is 0 Å². The van der Waals surface area contributed by atoms with Gasteiger partial charge in [-0.3, -0.25) is 10.9 Å². The second-order valence-corrected chi connectivity index (χ2v) is 10.5. The Hall–Kier alpha value is -4.28. The third-order valence-corrected chi connectivity index (χ3v) is 8.37. The van der Waals surface area contributed by atoms with Gasteiger partial charge in [0.25, 0.3) is 0 Å². The quantitative estimate of drug-likeness (QED) is 0.176. The maximum atomic E-state index is 15.0. The fourth-order valence-corrected chi connectivity index (χ4v) is 6.58. The molecule has 2 aromatic heterocycles. The van der Waals surface area contributed by atoms with Gasteiger partial charge in [0.05, 0.1) is 31.5 Å². The van der Waals surface area contributed by atoms with Crippen molar-refractivity contribution in [3.8, 4) is 0 Å². The molecule has 38 heavy (non-hydrogen) atoms. The Labute approximate surface area is 219 Å². The van der Waals surface area contributed by atoms with Crippen LogP contribution in [0.15, 0.2) is 83.0 Å². The fraction of sp³-hybridized carbons (Fsp3) is 0. The minimum absolute atomic E-state index is 0.0549. The zero-order chi connectivity index (χ0) is 26.0. The molecular weight excluding hydrogens is 532 g/mol. The van der Waals surface area contributed by atoms with E-state index in [9.17, 15) is 17.6 Å². The summed E-state index contributed by atoms with van der Waals surface area (Å²) in [5.41, 5.74) is 7.14. The Morgan fingerprint density at radius 1 is 0.526 bits per heavy atom. The van der Waals surface area contributed by atoms with Crippen molar-refractivity contribution in [2.45, 2.75) is 0 Å². The molecule has 0 fully saturated rings. The van der Waals surface area contributed by atoms with Gasteiger partial charge in [-0.15, -0.1) is 22.7 Å². The SMILES string of the molecule is Fc1sc2c(c1F)/c(=N\Nc1ccccc1)c1cc3c(cc12)/c(=N/Nc1ccccc1)c1c(F)c(F)sc13. The molecular formula is C28H14F4N4S2. The highest BCUT2D eigenvalue weighted by Gasteiger charge is 2.24. The summed E-state index contributed by atoms with van der Waals surface area (Å²) in [6, 6.07) is 21.6. The first-order valence-electron chi connectivity index (χ1n) is 11.4. The highest BCUT2D eigenvalue weighted by molar-refractivity contribution is 7.19. The van der Waals surface area contributed by atoms with Crippen LogP contribution in [0, 0.1) is 21.9 Å². The van der Waals surface area contributed by atoms with Crippen LogP contribution in [0.2, 0.25) is 0 Å². The lowest BCUT2D eigenvalue weighted by molar-refractivity contribution is 0.537. The molecule has 0 radical (unpaired) electrons. The Morgan fingerprint density at radius 3 is 1.32 bits per heavy atom. The van der Waals surface area contributed by atoms with Crippen molar-refractivity contribution in [3.63, 3.8) is 0 Å². The number of hydrogen-bond donors (Lipinski definition) is 2. The summed E-state index contributed by atoms with van der Waals surface area (Å²) in [5, 5.41) is 9.66. The third kappa shape index (κ3) is 3.41. The summed E-state index contributed by atoms with van der Waals surface area (Å²) in [5.74, 6) is -1.97. The fourth-order valence-electron chi connectivity index (χ4n) is 4.70. The highest BCUT2D eigenvalue weighted by atomic mass is 32.1. The maximum Gasteiger partial charge on any atom is 0.213 e. The molecule has 7 aromatic rings. The lowest BCUT2D eigenvalue weighted by Crippen LogP contribution is -2.06. The summed E-state index contributed by atoms with van der Waals surface area (Å²) in [4.78, 5) is 0. The first-order chi connectivity index (χ1) is 18.5. The minimum Gasteiger partial charge on any atom is -0.278 e. The van der Waals surface area contributed by atoms with Crippen LogP contribution >= 0.6 is 22.7 Å². The van der Waals surface area contributed by atoms with E-state index in [0.717, 1.165) is 0 Å². The second-order valence-electron chi connectivity index (χ2n) is 8.61. The van der Waals surface area contributed by atoms with E-state index in [1.54, 1.807) is 36.4 Å². The topological polar surface area (TPSA) is 48.8 Å². The molecule has 10 heteroatoms. The van der Waals surface area contributed by atoms with Crippen LogP contribution in [0.5, 0.6) is 0 Å². The van der Waals surface area contributed by atoms with Crippen molar-refractivity contribution < 1.29 is 17.6 Å². The Balaban J connectivity index is 1.56. The van der Waals surface area contributed by atoms with Gasteiger partial charge >= 0.3 is 0 Å². The molecule has 0 aliphatic heterocycles. The lowest BCUT2D eigenvalue weighted by Gasteiger charge is -2.00. The summed E-state index contributed by atoms with van der Waals surface area (Å²) < 4.78 is 59.5. The summed E-state index contributed by atoms with van der Waals surface area (Å²) >= 11 is 1.37. The number of nitrogens with zero attached hydrogens (tertiary/aromatic N) is 2. The maximum absolute atomic E-state index is 15.0. The molecule has 0 atom stereocenters. The van der Waals surface area contributed by atoms with E-state index in [-0.39, 0.29) is 21.5 Å². The molecule has 0 amide bonds. The average molecular weight is 547 g/mol. The van der Waals surface area contributed by atoms with Crippen LogP contribution in [-0.4, -0.2) is 0 Å². The summed E-state index contributed by atoms with van der Waals surface area (Å²) in [6.07, 6.45) is 0. The molecule has 2 N–H and O–H groups in total. The number of hydrogen-bond acceptors (Lipinski definition) is 6. The molecule has 0 bridgehead atoms. The Kier molecular flexibility index (Phi) is 5.20. The highest BCUT2D eigenvalue weighted by Crippen LogP contribution is 2.39. The molecule has 0 aliphatic carbocycles. The van der Waals surface area contributed by atoms with Gasteiger partial charge in [-0.05, 0) is 36.4 Å². The van der Waals surface area contributed by atoms with Crippen molar-refractivity contribution in [1.82, 2.24) is 0 Å². The van der Waals surface area contributed by atoms with Gasteiger partial charge in [0.15, 0.2) is 11.6 Å². The van der Waals surface area contributed by atoms with E-state index in [4.69, 9.17) is 0 Å². The molecule has 0 unspecified atom stereocenters. The van der Waals surface area contributed by atoms with E-state index in [0.29, 0.717) is 65.0 Å². The van der Waals surface area contributed by atoms with Crippen LogP contribution in [-0.2, 0) is 0 Å². The number of para-hydroxylation sites is 2. The van der Waals surface area contributed by atoms with Crippen molar-refractivity contribution >= 4 is 75.8 Å². The predicted molar refractivity (Wildman–Crippen MR) is 146 cm³/mol. The molecule has 0 aliphatic rings. The summed E-state index contributed by atoms with van der Waals surface area (Å²) in [6.45, 7) is 0. The average Bonchev–Trinajstić information content (AvgIpc) is 3.60. The normalized spacial score (nSPS) is 13.1. The number of rotatable bonds is 4. The molecule has 4 nitrogen and oxygen atoms in total. The van der Waals surface area contributed by atoms with Gasteiger partial charge in [-0.25, -0.2) is 8.78 Å². The van der Waals surface area contributed by atoms with Gasteiger partial charge in [-0.1, -0.05) is 36.4 Å². The van der Waals surface area contributed by atoms with E-state index < -0.39 is 21.9 Å². The van der Waals surface area contributed by atoms with Crippen LogP contribution in [0.25, 0.3) is 41.7 Å². The van der Waals surface area contributed by atoms with Crippen molar-refractivity contribution in [1.29, 1.82) is 0 Å². The Bertz CT molecular complexity index is 1970. The largest absolute Gasteiger partial charge is 0.278 e. The monoisotopic (exact) mass is 546 g/mol. The second kappa shape index (κ2) is 8.64. The zero-order valence-electron chi connectivity index (χ0n) is 19.2. The predicted octanol–water partition coefficient (Wildman–Crippen LogP) is 7.71. The molecule has 5 aromatic carbocycles. The van der Waals surface area contributed by atoms with Gasteiger partial charge in [0, 0.05) is 21.5 Å². The van der Waals surface area contributed by atoms with Crippen LogP contribution in [0.1, 0.15) is 0 Å². The first-order valence-corrected chi connectivity index (χ1v) is 13.1. The van der Waals surface area contributed by atoms with E-state index >= 15 is 0 Å². The van der Waals surface area contributed by atoms with E-state index in [2.05, 4.69) is 21.1 Å². The van der Waals surface area contributed by atoms with Gasteiger partial charge < -0.3 is 0 Å². The van der Waals surface area contributed by atoms with Crippen LogP contribution < -0.4 is 21.6 Å². The summed E-state index contributed by atoms with van der Waals surface area (Å²) in [7, 11) is 0. The first kappa shape index (κ1) is 22.9. The molecule has 2 heterocycles. The minimum atomic E-state index is -0.983. The van der Waals surface area contributed by atoms with Crippen molar-refractivity contribution in [2.75, 3.05) is 10.9 Å². The van der Waals surface area contributed by atoms with E-state index in [1.807, 2.05) is 36.4 Å². The third-order valence-electron chi connectivity index (χ3n) is 6.39. The van der Waals surface area contributed by atoms with E-state index in [1.165, 1.54) is 0 Å². The number of benzene rings is 3. The number of halogens is 4. The Morgan fingerprint density at radius 2 is 0.921 bits per heavy atom. The molecule has 0 saturated heterocycles. The molecule has 186 valence electrons. The lowest BCUT2D eigenvalue weighted by atomic mass is 10.1. The zero-order valence-corrected chi connectivity index (χ0v) is 20.8. The van der Waals surface area contributed by atoms with Gasteiger partial charge in [-0.2, -0.15) is 19.0 Å². The smallest absolute Gasteiger partial charge is 0.213 e. The standard InChI is InChI=1S/C28H14F4N4S2/c29-21-19-23(35-33-13-7-3-1-4-8-13)15-11-18-16(12-17(15)25(19)37-27(21)31)24(20-22(30)28(32)38-26(18)20)36-34-14-9-5-2-6-10-14/h1-12,33-34H/b35-23-,36-24-.